The summed E-state index contributed by atoms with van der Waals surface area (Å²) >= 11 is 0. The normalized spacial score (nSPS) is 17.8. The SMILES string of the molecule is CC[NH+]1CCN(C(=O)[C@@H](C)[NH+](C)Cc2ccc(C(=O)NC)cc2)CC1. The Hall–Kier alpha value is -1.92. The van der Waals surface area contributed by atoms with E-state index in [0.717, 1.165) is 44.8 Å². The molecule has 0 radical (unpaired) electrons. The summed E-state index contributed by atoms with van der Waals surface area (Å²) in [5.74, 6) is 0.166. The van der Waals surface area contributed by atoms with Gasteiger partial charge >= 0.3 is 0 Å². The van der Waals surface area contributed by atoms with Gasteiger partial charge in [0.25, 0.3) is 11.8 Å². The molecule has 0 aromatic heterocycles. The van der Waals surface area contributed by atoms with Gasteiger partial charge in [-0.3, -0.25) is 9.59 Å². The van der Waals surface area contributed by atoms with E-state index in [1.165, 1.54) is 4.90 Å². The number of quaternary nitrogens is 2. The number of nitrogens with one attached hydrogen (secondary N) is 3. The number of hydrogen-bond acceptors (Lipinski definition) is 2. The third kappa shape index (κ3) is 5.03. The topological polar surface area (TPSA) is 58.3 Å². The molecule has 1 aliphatic rings. The highest BCUT2D eigenvalue weighted by molar-refractivity contribution is 5.93. The van der Waals surface area contributed by atoms with Gasteiger partial charge in [0.05, 0.1) is 39.8 Å². The Morgan fingerprint density at radius 1 is 1.24 bits per heavy atom. The van der Waals surface area contributed by atoms with Crippen LogP contribution in [0.4, 0.5) is 0 Å². The van der Waals surface area contributed by atoms with Crippen LogP contribution in [0.25, 0.3) is 0 Å². The van der Waals surface area contributed by atoms with Crippen LogP contribution < -0.4 is 15.1 Å². The number of carbonyl (C=O) groups is 2. The lowest BCUT2D eigenvalue weighted by molar-refractivity contribution is -0.910. The van der Waals surface area contributed by atoms with Crippen molar-refractivity contribution in [3.8, 4) is 0 Å². The van der Waals surface area contributed by atoms with Crippen molar-refractivity contribution in [2.75, 3.05) is 46.8 Å². The van der Waals surface area contributed by atoms with Gasteiger partial charge in [-0.05, 0) is 26.0 Å². The molecular formula is C19H32N4O2+2. The van der Waals surface area contributed by atoms with E-state index in [1.54, 1.807) is 11.9 Å². The first-order valence-electron chi connectivity index (χ1n) is 9.22. The molecule has 1 aliphatic heterocycles. The summed E-state index contributed by atoms with van der Waals surface area (Å²) in [6.07, 6.45) is 0. The van der Waals surface area contributed by atoms with Crippen LogP contribution >= 0.6 is 0 Å². The van der Waals surface area contributed by atoms with Gasteiger partial charge in [0.15, 0.2) is 6.04 Å². The van der Waals surface area contributed by atoms with E-state index >= 15 is 0 Å². The fraction of sp³-hybridized carbons (Fsp3) is 0.579. The molecule has 25 heavy (non-hydrogen) atoms. The minimum atomic E-state index is -0.0795. The van der Waals surface area contributed by atoms with E-state index in [4.69, 9.17) is 0 Å². The molecule has 0 spiro atoms. The molecule has 0 bridgehead atoms. The maximum atomic E-state index is 12.7. The van der Waals surface area contributed by atoms with Crippen molar-refractivity contribution in [1.82, 2.24) is 10.2 Å². The van der Waals surface area contributed by atoms with Crippen LogP contribution in [0.3, 0.4) is 0 Å². The third-order valence-electron chi connectivity index (χ3n) is 5.32. The molecule has 2 amide bonds. The third-order valence-corrected chi connectivity index (χ3v) is 5.32. The number of carbonyl (C=O) groups excluding carboxylic acids is 2. The Kier molecular flexibility index (Phi) is 6.96. The highest BCUT2D eigenvalue weighted by Gasteiger charge is 2.30. The zero-order valence-electron chi connectivity index (χ0n) is 15.9. The minimum absolute atomic E-state index is 0.0678. The predicted octanol–water partition coefficient (Wildman–Crippen LogP) is -1.80. The van der Waals surface area contributed by atoms with Crippen molar-refractivity contribution in [3.63, 3.8) is 0 Å². The summed E-state index contributed by atoms with van der Waals surface area (Å²) in [6, 6.07) is 7.53. The van der Waals surface area contributed by atoms with Gasteiger partial charge < -0.3 is 20.0 Å². The van der Waals surface area contributed by atoms with E-state index in [2.05, 4.69) is 19.3 Å². The monoisotopic (exact) mass is 348 g/mol. The van der Waals surface area contributed by atoms with E-state index in [1.807, 2.05) is 36.1 Å². The Labute approximate surface area is 150 Å². The van der Waals surface area contributed by atoms with Gasteiger partial charge in [-0.1, -0.05) is 12.1 Å². The van der Waals surface area contributed by atoms with Gasteiger partial charge in [0, 0.05) is 18.2 Å². The average molecular weight is 348 g/mol. The average Bonchev–Trinajstić information content (AvgIpc) is 2.66. The zero-order chi connectivity index (χ0) is 18.4. The largest absolute Gasteiger partial charge is 0.355 e. The van der Waals surface area contributed by atoms with Crippen molar-refractivity contribution in [2.24, 2.45) is 0 Å². The first-order chi connectivity index (χ1) is 12.0. The van der Waals surface area contributed by atoms with Crippen LogP contribution in [-0.2, 0) is 11.3 Å². The number of hydrogen-bond donors (Lipinski definition) is 3. The molecule has 0 saturated carbocycles. The Morgan fingerprint density at radius 2 is 1.84 bits per heavy atom. The van der Waals surface area contributed by atoms with Crippen LogP contribution in [0.1, 0.15) is 29.8 Å². The molecule has 1 aromatic rings. The Morgan fingerprint density at radius 3 is 2.36 bits per heavy atom. The maximum Gasteiger partial charge on any atom is 0.280 e. The highest BCUT2D eigenvalue weighted by Crippen LogP contribution is 2.03. The van der Waals surface area contributed by atoms with Crippen molar-refractivity contribution in [1.29, 1.82) is 0 Å². The van der Waals surface area contributed by atoms with E-state index < -0.39 is 0 Å². The number of amides is 2. The summed E-state index contributed by atoms with van der Waals surface area (Å²) in [6.45, 7) is 9.93. The number of likely N-dealkylation sites (N-methyl/N-ethyl adjacent to an activating group) is 2. The summed E-state index contributed by atoms with van der Waals surface area (Å²) < 4.78 is 0. The van der Waals surface area contributed by atoms with Crippen molar-refractivity contribution >= 4 is 11.8 Å². The standard InChI is InChI=1S/C19H30N4O2/c1-5-22-10-12-23(13-11-22)19(25)15(2)21(4)14-16-6-8-17(9-7-16)18(24)20-3/h6-9,15H,5,10-14H2,1-4H3,(H,20,24)/p+2/t15-/m1/s1. The molecule has 0 aliphatic carbocycles. The second-order valence-corrected chi connectivity index (χ2v) is 6.95. The Bertz CT molecular complexity index is 580. The fourth-order valence-corrected chi connectivity index (χ4v) is 3.27. The van der Waals surface area contributed by atoms with Crippen LogP contribution in [0.5, 0.6) is 0 Å². The first kappa shape index (κ1) is 19.4. The molecule has 2 atom stereocenters. The lowest BCUT2D eigenvalue weighted by Gasteiger charge is -2.34. The summed E-state index contributed by atoms with van der Waals surface area (Å²) in [5, 5.41) is 2.62. The van der Waals surface area contributed by atoms with Gasteiger partial charge in [-0.2, -0.15) is 0 Å². The molecule has 6 nitrogen and oxygen atoms in total. The van der Waals surface area contributed by atoms with Crippen LogP contribution in [0.15, 0.2) is 24.3 Å². The zero-order valence-corrected chi connectivity index (χ0v) is 15.9. The second kappa shape index (κ2) is 8.97. The van der Waals surface area contributed by atoms with Crippen LogP contribution in [0.2, 0.25) is 0 Å². The van der Waals surface area contributed by atoms with Crippen LogP contribution in [0, 0.1) is 0 Å². The molecule has 3 N–H and O–H groups in total. The molecular weight excluding hydrogens is 316 g/mol. The first-order valence-corrected chi connectivity index (χ1v) is 9.22. The molecule has 1 heterocycles. The molecule has 1 aromatic carbocycles. The van der Waals surface area contributed by atoms with Crippen LogP contribution in [-0.4, -0.2) is 69.6 Å². The van der Waals surface area contributed by atoms with Gasteiger partial charge in [-0.15, -0.1) is 0 Å². The maximum absolute atomic E-state index is 12.7. The molecule has 6 heteroatoms. The lowest BCUT2D eigenvalue weighted by atomic mass is 10.1. The Balaban J connectivity index is 1.90. The van der Waals surface area contributed by atoms with Gasteiger partial charge in [0.1, 0.15) is 6.54 Å². The second-order valence-electron chi connectivity index (χ2n) is 6.95. The van der Waals surface area contributed by atoms with Crippen molar-refractivity contribution in [3.05, 3.63) is 35.4 Å². The molecule has 1 unspecified atom stereocenters. The van der Waals surface area contributed by atoms with E-state index in [-0.39, 0.29) is 17.9 Å². The summed E-state index contributed by atoms with van der Waals surface area (Å²) in [7, 11) is 3.69. The molecule has 138 valence electrons. The van der Waals surface area contributed by atoms with Gasteiger partial charge in [-0.25, -0.2) is 0 Å². The number of rotatable bonds is 6. The highest BCUT2D eigenvalue weighted by atomic mass is 16.2. The van der Waals surface area contributed by atoms with Crippen molar-refractivity contribution in [2.45, 2.75) is 26.4 Å². The van der Waals surface area contributed by atoms with Crippen molar-refractivity contribution < 1.29 is 19.4 Å². The number of nitrogens with zero attached hydrogens (tertiary/aromatic N) is 1. The molecule has 1 fully saturated rings. The summed E-state index contributed by atoms with van der Waals surface area (Å²) in [5.41, 5.74) is 1.79. The quantitative estimate of drug-likeness (QED) is 0.568. The summed E-state index contributed by atoms with van der Waals surface area (Å²) in [4.78, 5) is 29.1. The predicted molar refractivity (Wildman–Crippen MR) is 97.7 cm³/mol. The molecule has 1 saturated heterocycles. The number of benzene rings is 1. The number of piperazine rings is 1. The smallest absolute Gasteiger partial charge is 0.280 e. The van der Waals surface area contributed by atoms with Gasteiger partial charge in [0.2, 0.25) is 0 Å². The molecule has 2 rings (SSSR count). The fourth-order valence-electron chi connectivity index (χ4n) is 3.27. The van der Waals surface area contributed by atoms with E-state index in [9.17, 15) is 9.59 Å². The lowest BCUT2D eigenvalue weighted by Crippen LogP contribution is -3.15. The van der Waals surface area contributed by atoms with E-state index in [0.29, 0.717) is 5.56 Å². The minimum Gasteiger partial charge on any atom is -0.355 e.